The van der Waals surface area contributed by atoms with Crippen LogP contribution in [0.5, 0.6) is 17.6 Å². The smallest absolute Gasteiger partial charge is 0.322 e. The standard InChI is InChI=1S/C23H28ClN7O2/c1-3-9-31-23(33-19-6-4-5-17(24)10-19)27-22(29-31)26-21-15-7-8-16(21)14-30(13-15)18-11-20(32-2)28-25-12-18/h4-6,10-12,15-16,21H,3,7-9,13-14H2,1-2H3,(H,26,29)/t15-,16+,21?. The maximum atomic E-state index is 6.10. The Balaban J connectivity index is 1.30. The third-order valence-electron chi connectivity index (χ3n) is 6.40. The van der Waals surface area contributed by atoms with Crippen LogP contribution in [0, 0.1) is 11.8 Å². The highest BCUT2D eigenvalue weighted by atomic mass is 35.5. The van der Waals surface area contributed by atoms with E-state index in [1.54, 1.807) is 13.2 Å². The van der Waals surface area contributed by atoms with Crippen molar-refractivity contribution in [3.05, 3.63) is 41.6 Å². The molecule has 1 saturated carbocycles. The van der Waals surface area contributed by atoms with Gasteiger partial charge in [-0.3, -0.25) is 0 Å². The first-order valence-electron chi connectivity index (χ1n) is 11.4. The second-order valence-electron chi connectivity index (χ2n) is 8.63. The van der Waals surface area contributed by atoms with Gasteiger partial charge in [-0.15, -0.1) is 10.2 Å². The van der Waals surface area contributed by atoms with Crippen LogP contribution in [0.3, 0.4) is 0 Å². The summed E-state index contributed by atoms with van der Waals surface area (Å²) < 4.78 is 13.1. The van der Waals surface area contributed by atoms with Gasteiger partial charge in [0, 0.05) is 36.8 Å². The number of piperidine rings is 1. The number of aryl methyl sites for hydroxylation is 1. The first kappa shape index (κ1) is 21.8. The van der Waals surface area contributed by atoms with Crippen LogP contribution in [0.1, 0.15) is 26.2 Å². The molecule has 0 amide bonds. The largest absolute Gasteiger partial charge is 0.480 e. The van der Waals surface area contributed by atoms with Crippen molar-refractivity contribution in [3.8, 4) is 17.6 Å². The molecule has 2 fully saturated rings. The van der Waals surface area contributed by atoms with Crippen molar-refractivity contribution in [2.75, 3.05) is 30.4 Å². The topological polar surface area (TPSA) is 90.2 Å². The van der Waals surface area contributed by atoms with Crippen molar-refractivity contribution < 1.29 is 9.47 Å². The minimum Gasteiger partial charge on any atom is -0.480 e. The molecule has 1 saturated heterocycles. The number of nitrogens with one attached hydrogen (secondary N) is 1. The van der Waals surface area contributed by atoms with E-state index < -0.39 is 0 Å². The van der Waals surface area contributed by atoms with Gasteiger partial charge in [0.15, 0.2) is 0 Å². The SMILES string of the molecule is CCCn1nc(NC2[C@@H]3CC[C@H]2CN(c2cnnc(OC)c2)C3)nc1Oc1cccc(Cl)c1. The zero-order chi connectivity index (χ0) is 22.8. The van der Waals surface area contributed by atoms with Gasteiger partial charge in [-0.25, -0.2) is 4.68 Å². The van der Waals surface area contributed by atoms with Gasteiger partial charge in [-0.2, -0.15) is 10.1 Å². The number of anilines is 2. The Kier molecular flexibility index (Phi) is 6.22. The Labute approximate surface area is 198 Å². The third-order valence-corrected chi connectivity index (χ3v) is 6.63. The van der Waals surface area contributed by atoms with Crippen molar-refractivity contribution in [2.45, 2.75) is 38.8 Å². The lowest BCUT2D eigenvalue weighted by Crippen LogP contribution is -2.48. The lowest BCUT2D eigenvalue weighted by atomic mass is 9.92. The predicted octanol–water partition coefficient (Wildman–Crippen LogP) is 4.26. The second kappa shape index (κ2) is 9.43. The average Bonchev–Trinajstić information content (AvgIpc) is 3.28. The normalized spacial score (nSPS) is 21.8. The monoisotopic (exact) mass is 469 g/mol. The Hall–Kier alpha value is -3.07. The number of methoxy groups -OCH3 is 1. The molecule has 3 atom stereocenters. The second-order valence-corrected chi connectivity index (χ2v) is 9.07. The van der Waals surface area contributed by atoms with Gasteiger partial charge in [-0.05, 0) is 49.3 Å². The van der Waals surface area contributed by atoms with Crippen molar-refractivity contribution in [1.29, 1.82) is 0 Å². The molecule has 9 nitrogen and oxygen atoms in total. The minimum atomic E-state index is 0.328. The van der Waals surface area contributed by atoms with Crippen molar-refractivity contribution in [1.82, 2.24) is 25.0 Å². The Morgan fingerprint density at radius 1 is 1.18 bits per heavy atom. The van der Waals surface area contributed by atoms with E-state index in [2.05, 4.69) is 32.3 Å². The third kappa shape index (κ3) is 4.68. The van der Waals surface area contributed by atoms with Crippen LogP contribution < -0.4 is 19.7 Å². The number of benzene rings is 1. The van der Waals surface area contributed by atoms with Gasteiger partial charge in [0.05, 0.1) is 19.0 Å². The van der Waals surface area contributed by atoms with Crippen LogP contribution in [-0.4, -0.2) is 51.2 Å². The van der Waals surface area contributed by atoms with E-state index in [1.165, 1.54) is 12.8 Å². The molecule has 1 aliphatic carbocycles. The number of ether oxygens (including phenoxy) is 2. The van der Waals surface area contributed by atoms with Crippen LogP contribution in [0.4, 0.5) is 11.6 Å². The predicted molar refractivity (Wildman–Crippen MR) is 126 cm³/mol. The summed E-state index contributed by atoms with van der Waals surface area (Å²) in [4.78, 5) is 7.05. The fourth-order valence-corrected chi connectivity index (χ4v) is 5.07. The van der Waals surface area contributed by atoms with E-state index in [0.29, 0.717) is 46.5 Å². The zero-order valence-corrected chi connectivity index (χ0v) is 19.6. The zero-order valence-electron chi connectivity index (χ0n) is 18.8. The number of fused-ring (bicyclic) bond motifs is 2. The molecule has 0 radical (unpaired) electrons. The maximum absolute atomic E-state index is 6.10. The van der Waals surface area contributed by atoms with E-state index in [4.69, 9.17) is 26.2 Å². The van der Waals surface area contributed by atoms with Crippen LogP contribution in [0.15, 0.2) is 36.5 Å². The first-order chi connectivity index (χ1) is 16.1. The lowest BCUT2D eigenvalue weighted by molar-refractivity contribution is 0.372. The summed E-state index contributed by atoms with van der Waals surface area (Å²) >= 11 is 6.10. The number of hydrogen-bond acceptors (Lipinski definition) is 8. The molecule has 33 heavy (non-hydrogen) atoms. The fourth-order valence-electron chi connectivity index (χ4n) is 4.89. The number of nitrogens with zero attached hydrogens (tertiary/aromatic N) is 6. The van der Waals surface area contributed by atoms with E-state index >= 15 is 0 Å². The van der Waals surface area contributed by atoms with E-state index in [1.807, 2.05) is 35.1 Å². The molecule has 1 N–H and O–H groups in total. The summed E-state index contributed by atoms with van der Waals surface area (Å²) in [5, 5.41) is 17.0. The van der Waals surface area contributed by atoms with Crippen molar-refractivity contribution in [2.24, 2.45) is 11.8 Å². The summed E-state index contributed by atoms with van der Waals surface area (Å²) in [5.74, 6) is 2.80. The Morgan fingerprint density at radius 3 is 2.73 bits per heavy atom. The van der Waals surface area contributed by atoms with Crippen LogP contribution in [0.2, 0.25) is 5.02 Å². The van der Waals surface area contributed by atoms with Crippen LogP contribution in [0.25, 0.3) is 0 Å². The molecule has 2 bridgehead atoms. The molecule has 1 aromatic carbocycles. The van der Waals surface area contributed by atoms with E-state index in [-0.39, 0.29) is 0 Å². The molecule has 1 aliphatic heterocycles. The van der Waals surface area contributed by atoms with Gasteiger partial charge in [0.25, 0.3) is 0 Å². The molecule has 174 valence electrons. The van der Waals surface area contributed by atoms with E-state index in [0.717, 1.165) is 31.7 Å². The number of rotatable bonds is 8. The van der Waals surface area contributed by atoms with Gasteiger partial charge < -0.3 is 19.7 Å². The van der Waals surface area contributed by atoms with Crippen LogP contribution in [-0.2, 0) is 6.54 Å². The highest BCUT2D eigenvalue weighted by Crippen LogP contribution is 2.40. The van der Waals surface area contributed by atoms with Gasteiger partial charge in [0.2, 0.25) is 11.8 Å². The Morgan fingerprint density at radius 2 is 2.00 bits per heavy atom. The molecule has 0 spiro atoms. The molecular weight excluding hydrogens is 442 g/mol. The Bertz CT molecular complexity index is 1090. The molecular formula is C23H28ClN7O2. The molecule has 1 unspecified atom stereocenters. The summed E-state index contributed by atoms with van der Waals surface area (Å²) in [6.45, 7) is 4.73. The summed E-state index contributed by atoms with van der Waals surface area (Å²) in [6.07, 6.45) is 5.09. The summed E-state index contributed by atoms with van der Waals surface area (Å²) in [7, 11) is 1.61. The highest BCUT2D eigenvalue weighted by molar-refractivity contribution is 6.30. The van der Waals surface area contributed by atoms with Gasteiger partial charge in [-0.1, -0.05) is 24.6 Å². The average molecular weight is 470 g/mol. The number of hydrogen-bond donors (Lipinski definition) is 1. The molecule has 10 heteroatoms. The number of aromatic nitrogens is 5. The maximum Gasteiger partial charge on any atom is 0.322 e. The van der Waals surface area contributed by atoms with E-state index in [9.17, 15) is 0 Å². The molecule has 3 heterocycles. The van der Waals surface area contributed by atoms with Crippen LogP contribution >= 0.6 is 11.6 Å². The highest BCUT2D eigenvalue weighted by Gasteiger charge is 2.42. The fraction of sp³-hybridized carbons (Fsp3) is 0.478. The minimum absolute atomic E-state index is 0.328. The number of halogens is 1. The lowest BCUT2D eigenvalue weighted by Gasteiger charge is -2.39. The van der Waals surface area contributed by atoms with Gasteiger partial charge in [0.1, 0.15) is 5.75 Å². The molecule has 2 aliphatic rings. The van der Waals surface area contributed by atoms with Crippen molar-refractivity contribution >= 4 is 23.2 Å². The quantitative estimate of drug-likeness (QED) is 0.523. The molecule has 3 aromatic rings. The first-order valence-corrected chi connectivity index (χ1v) is 11.8. The molecule has 5 rings (SSSR count). The molecule has 2 aromatic heterocycles. The summed E-state index contributed by atoms with van der Waals surface area (Å²) in [5.41, 5.74) is 1.06. The van der Waals surface area contributed by atoms with Crippen molar-refractivity contribution in [3.63, 3.8) is 0 Å². The summed E-state index contributed by atoms with van der Waals surface area (Å²) in [6, 6.07) is 10.1. The van der Waals surface area contributed by atoms with Gasteiger partial charge >= 0.3 is 6.01 Å².